The van der Waals surface area contributed by atoms with Gasteiger partial charge in [0, 0.05) is 36.1 Å². The number of hydrogen-bond donors (Lipinski definition) is 1. The Balaban J connectivity index is 1.98. The van der Waals surface area contributed by atoms with Crippen molar-refractivity contribution in [3.8, 4) is 0 Å². The molecule has 3 heterocycles. The lowest BCUT2D eigenvalue weighted by atomic mass is 9.99. The topological polar surface area (TPSA) is 75.4 Å². The Morgan fingerprint density at radius 2 is 2.22 bits per heavy atom. The Morgan fingerprint density at radius 3 is 2.74 bits per heavy atom. The van der Waals surface area contributed by atoms with E-state index in [1.165, 1.54) is 11.3 Å². The van der Waals surface area contributed by atoms with Crippen molar-refractivity contribution >= 4 is 23.2 Å². The van der Waals surface area contributed by atoms with Crippen LogP contribution in [0.5, 0.6) is 0 Å². The second-order valence-corrected chi connectivity index (χ2v) is 6.88. The van der Waals surface area contributed by atoms with E-state index in [0.717, 1.165) is 21.8 Å². The van der Waals surface area contributed by atoms with E-state index in [0.29, 0.717) is 6.54 Å². The Hall–Kier alpha value is -2.15. The summed E-state index contributed by atoms with van der Waals surface area (Å²) in [5.41, 5.74) is 2.87. The smallest absolute Gasteiger partial charge is 0.309 e. The normalized spacial score (nSPS) is 21.2. The Morgan fingerprint density at radius 1 is 1.48 bits per heavy atom. The zero-order valence-corrected chi connectivity index (χ0v) is 14.1. The Labute approximate surface area is 138 Å². The predicted octanol–water partition coefficient (Wildman–Crippen LogP) is 2.27. The quantitative estimate of drug-likeness (QED) is 0.931. The molecule has 2 atom stereocenters. The number of likely N-dealkylation sites (tertiary alicyclic amines) is 1. The van der Waals surface area contributed by atoms with Crippen molar-refractivity contribution in [3.63, 3.8) is 0 Å². The van der Waals surface area contributed by atoms with Crippen LogP contribution in [-0.2, 0) is 23.2 Å². The summed E-state index contributed by atoms with van der Waals surface area (Å²) in [4.78, 5) is 26.7. The molecule has 0 aromatic carbocycles. The van der Waals surface area contributed by atoms with Crippen LogP contribution < -0.4 is 0 Å². The fourth-order valence-electron chi connectivity index (χ4n) is 3.23. The summed E-state index contributed by atoms with van der Waals surface area (Å²) in [5.74, 6) is -1.73. The van der Waals surface area contributed by atoms with Crippen molar-refractivity contribution < 1.29 is 14.7 Å². The molecule has 7 heteroatoms. The summed E-state index contributed by atoms with van der Waals surface area (Å²) < 4.78 is 1.79. The number of aryl methyl sites for hydroxylation is 2. The van der Waals surface area contributed by atoms with Gasteiger partial charge >= 0.3 is 5.97 Å². The summed E-state index contributed by atoms with van der Waals surface area (Å²) >= 11 is 1.49. The van der Waals surface area contributed by atoms with Gasteiger partial charge < -0.3 is 10.0 Å². The maximum atomic E-state index is 12.5. The lowest BCUT2D eigenvalue weighted by Crippen LogP contribution is -2.30. The largest absolute Gasteiger partial charge is 0.481 e. The first-order valence-corrected chi connectivity index (χ1v) is 8.33. The first kappa shape index (κ1) is 15.7. The van der Waals surface area contributed by atoms with E-state index in [-0.39, 0.29) is 12.3 Å². The van der Waals surface area contributed by atoms with Gasteiger partial charge in [0.05, 0.1) is 17.7 Å². The van der Waals surface area contributed by atoms with E-state index in [4.69, 9.17) is 0 Å². The molecule has 1 aliphatic rings. The minimum absolute atomic E-state index is 0.0518. The third-order valence-corrected chi connectivity index (χ3v) is 5.51. The molecule has 122 valence electrons. The molecule has 1 N–H and O–H groups in total. The van der Waals surface area contributed by atoms with Crippen LogP contribution in [0, 0.1) is 19.8 Å². The molecule has 23 heavy (non-hydrogen) atoms. The van der Waals surface area contributed by atoms with Crippen molar-refractivity contribution in [2.45, 2.75) is 32.9 Å². The zero-order valence-electron chi connectivity index (χ0n) is 13.3. The number of carbonyl (C=O) groups excluding carboxylic acids is 1. The van der Waals surface area contributed by atoms with Gasteiger partial charge in [0.25, 0.3) is 0 Å². The van der Waals surface area contributed by atoms with Gasteiger partial charge in [-0.25, -0.2) is 0 Å². The molecule has 0 aliphatic carbocycles. The predicted molar refractivity (Wildman–Crippen MR) is 86.0 cm³/mol. The van der Waals surface area contributed by atoms with E-state index in [1.54, 1.807) is 9.58 Å². The maximum Gasteiger partial charge on any atom is 0.309 e. The van der Waals surface area contributed by atoms with Gasteiger partial charge in [0.15, 0.2) is 0 Å². The van der Waals surface area contributed by atoms with Gasteiger partial charge in [0.1, 0.15) is 0 Å². The fourth-order valence-corrected chi connectivity index (χ4v) is 4.13. The van der Waals surface area contributed by atoms with E-state index in [2.05, 4.69) is 5.10 Å². The van der Waals surface area contributed by atoms with Gasteiger partial charge in [-0.3, -0.25) is 14.3 Å². The minimum Gasteiger partial charge on any atom is -0.481 e. The molecule has 1 amide bonds. The number of amides is 1. The summed E-state index contributed by atoms with van der Waals surface area (Å²) in [7, 11) is 1.87. The molecule has 1 aliphatic heterocycles. The molecule has 3 rings (SSSR count). The average molecular weight is 333 g/mol. The third kappa shape index (κ3) is 2.65. The molecule has 0 saturated carbocycles. The minimum atomic E-state index is -0.918. The molecule has 0 unspecified atom stereocenters. The monoisotopic (exact) mass is 333 g/mol. The summed E-state index contributed by atoms with van der Waals surface area (Å²) in [6.07, 6.45) is 0.0518. The van der Waals surface area contributed by atoms with Crippen LogP contribution in [-0.4, -0.2) is 31.7 Å². The van der Waals surface area contributed by atoms with Gasteiger partial charge in [-0.15, -0.1) is 11.3 Å². The average Bonchev–Trinajstić information content (AvgIpc) is 3.16. The number of hydrogen-bond acceptors (Lipinski definition) is 4. The van der Waals surface area contributed by atoms with Crippen molar-refractivity contribution in [2.75, 3.05) is 0 Å². The van der Waals surface area contributed by atoms with Crippen LogP contribution in [0.15, 0.2) is 17.5 Å². The zero-order chi connectivity index (χ0) is 16.7. The van der Waals surface area contributed by atoms with Crippen LogP contribution in [0.2, 0.25) is 0 Å². The molecular weight excluding hydrogens is 314 g/mol. The van der Waals surface area contributed by atoms with Gasteiger partial charge in [-0.1, -0.05) is 6.07 Å². The number of carbonyl (C=O) groups is 2. The molecule has 0 radical (unpaired) electrons. The van der Waals surface area contributed by atoms with Crippen LogP contribution >= 0.6 is 11.3 Å². The first-order valence-electron chi connectivity index (χ1n) is 7.45. The van der Waals surface area contributed by atoms with Gasteiger partial charge in [0.2, 0.25) is 5.91 Å². The highest BCUT2D eigenvalue weighted by Gasteiger charge is 2.45. The van der Waals surface area contributed by atoms with Gasteiger partial charge in [-0.05, 0) is 25.3 Å². The number of thiophene rings is 1. The van der Waals surface area contributed by atoms with Crippen LogP contribution in [0.1, 0.15) is 34.3 Å². The number of aliphatic carboxylic acids is 1. The second-order valence-electron chi connectivity index (χ2n) is 5.90. The second kappa shape index (κ2) is 5.81. The van der Waals surface area contributed by atoms with Crippen molar-refractivity contribution in [2.24, 2.45) is 13.0 Å². The van der Waals surface area contributed by atoms with Crippen LogP contribution in [0.3, 0.4) is 0 Å². The van der Waals surface area contributed by atoms with Crippen LogP contribution in [0.25, 0.3) is 0 Å². The maximum absolute atomic E-state index is 12.5. The molecule has 6 nitrogen and oxygen atoms in total. The molecule has 2 aromatic heterocycles. The SMILES string of the molecule is Cc1nn(C)c(C)c1CN1C(=O)C[C@@H](C(=O)O)[C@@H]1c1cccs1. The standard InChI is InChI=1S/C16H19N3O3S/c1-9-12(10(2)18(3)17-9)8-19-14(20)7-11(16(21)22)15(19)13-5-4-6-23-13/h4-6,11,15H,7-8H2,1-3H3,(H,21,22)/t11-,15-/m1/s1. The molecule has 1 saturated heterocycles. The van der Waals surface area contributed by atoms with E-state index >= 15 is 0 Å². The van der Waals surface area contributed by atoms with E-state index in [1.807, 2.05) is 38.4 Å². The van der Waals surface area contributed by atoms with Crippen molar-refractivity contribution in [3.05, 3.63) is 39.3 Å². The summed E-state index contributed by atoms with van der Waals surface area (Å²) in [6, 6.07) is 3.39. The highest BCUT2D eigenvalue weighted by atomic mass is 32.1. The first-order chi connectivity index (χ1) is 10.9. The Bertz CT molecular complexity index is 751. The Kier molecular flexibility index (Phi) is 3.97. The number of nitrogens with zero attached hydrogens (tertiary/aromatic N) is 3. The molecule has 1 fully saturated rings. The number of aromatic nitrogens is 2. The summed E-state index contributed by atoms with van der Waals surface area (Å²) in [5, 5.41) is 15.8. The third-order valence-electron chi connectivity index (χ3n) is 4.57. The molecule has 2 aromatic rings. The van der Waals surface area contributed by atoms with E-state index < -0.39 is 17.9 Å². The molecule has 0 bridgehead atoms. The molecule has 0 spiro atoms. The fraction of sp³-hybridized carbons (Fsp3) is 0.438. The molecular formula is C16H19N3O3S. The lowest BCUT2D eigenvalue weighted by Gasteiger charge is -2.26. The number of carboxylic acids is 1. The van der Waals surface area contributed by atoms with Crippen molar-refractivity contribution in [1.82, 2.24) is 14.7 Å². The van der Waals surface area contributed by atoms with Gasteiger partial charge in [-0.2, -0.15) is 5.10 Å². The lowest BCUT2D eigenvalue weighted by molar-refractivity contribution is -0.142. The number of carboxylic acid groups (broad SMARTS) is 1. The van der Waals surface area contributed by atoms with Crippen LogP contribution in [0.4, 0.5) is 0 Å². The van der Waals surface area contributed by atoms with E-state index in [9.17, 15) is 14.7 Å². The highest BCUT2D eigenvalue weighted by Crippen LogP contribution is 2.41. The summed E-state index contributed by atoms with van der Waals surface area (Å²) in [6.45, 7) is 4.28. The van der Waals surface area contributed by atoms with Crippen molar-refractivity contribution in [1.29, 1.82) is 0 Å². The highest BCUT2D eigenvalue weighted by molar-refractivity contribution is 7.10. The number of rotatable bonds is 4.